The van der Waals surface area contributed by atoms with Crippen LogP contribution in [0, 0.1) is 18.3 Å². The summed E-state index contributed by atoms with van der Waals surface area (Å²) in [5.74, 6) is 1.57. The maximum absolute atomic E-state index is 11.8. The zero-order valence-electron chi connectivity index (χ0n) is 22.1. The predicted molar refractivity (Wildman–Crippen MR) is 144 cm³/mol. The normalized spacial score (nSPS) is 25.8. The second-order valence-electron chi connectivity index (χ2n) is 9.79. The summed E-state index contributed by atoms with van der Waals surface area (Å²) < 4.78 is 13.0. The molecule has 4 heterocycles. The van der Waals surface area contributed by atoms with Gasteiger partial charge in [-0.3, -0.25) is 4.57 Å². The highest BCUT2D eigenvalue weighted by Crippen LogP contribution is 2.39. The molecule has 2 aromatic heterocycles. The largest absolute Gasteiger partial charge is 0.479 e. The smallest absolute Gasteiger partial charge is 0.373 e. The monoisotopic (exact) mass is 601 g/mol. The lowest BCUT2D eigenvalue weighted by atomic mass is 9.93. The van der Waals surface area contributed by atoms with Gasteiger partial charge in [-0.2, -0.15) is 19.6 Å². The Hall–Kier alpha value is -3.93. The first-order valence-corrected chi connectivity index (χ1v) is 13.2. The number of aliphatic carboxylic acids is 1. The molecule has 6 atom stereocenters. The fourth-order valence-electron chi connectivity index (χ4n) is 5.02. The van der Waals surface area contributed by atoms with E-state index >= 15 is 0 Å². The summed E-state index contributed by atoms with van der Waals surface area (Å²) in [6.45, 7) is 0.866. The number of carboxylic acid groups (broad SMARTS) is 1. The molecule has 1 aromatic carbocycles. The van der Waals surface area contributed by atoms with Crippen LogP contribution in [0.15, 0.2) is 36.7 Å². The van der Waals surface area contributed by atoms with Gasteiger partial charge in [0.15, 0.2) is 34.9 Å². The number of aliphatic hydroxyl groups excluding tert-OH is 2. The molecule has 4 N–H and O–H groups in total. The number of hydrogen-bond donors (Lipinski definition) is 4. The first kappa shape index (κ1) is 31.0. The van der Waals surface area contributed by atoms with E-state index in [4.69, 9.17) is 37.1 Å². The van der Waals surface area contributed by atoms with Gasteiger partial charge in [-0.15, -0.1) is 6.42 Å². The summed E-state index contributed by atoms with van der Waals surface area (Å²) >= 11 is 6.24. The molecule has 1 unspecified atom stereocenters. The Morgan fingerprint density at radius 1 is 1.29 bits per heavy atom. The molecule has 0 radical (unpaired) electrons. The van der Waals surface area contributed by atoms with Gasteiger partial charge in [-0.25, -0.2) is 9.78 Å². The molecule has 5 rings (SSSR count). The SMILES string of the molecule is C#C[C@@]1(O)[C@@H](COC(Cc2ccccc2)C(=O)O)O[C@@H](n2cnc3c(N4CC[C@@H](CO)C4)nc(Cl)nc32)[C@@H]1O.O=C=O. The van der Waals surface area contributed by atoms with Crippen molar-refractivity contribution < 1.29 is 44.3 Å². The lowest BCUT2D eigenvalue weighted by molar-refractivity contribution is -0.191. The molecule has 0 amide bonds. The summed E-state index contributed by atoms with van der Waals surface area (Å²) in [5.41, 5.74) is -0.801. The minimum absolute atomic E-state index is 0.0528. The molecular weight excluding hydrogens is 574 g/mol. The van der Waals surface area contributed by atoms with Crippen molar-refractivity contribution in [2.24, 2.45) is 5.92 Å². The third kappa shape index (κ3) is 6.28. The molecule has 42 heavy (non-hydrogen) atoms. The second-order valence-corrected chi connectivity index (χ2v) is 10.1. The fraction of sp³-hybridized carbons (Fsp3) is 0.444. The van der Waals surface area contributed by atoms with Gasteiger partial charge in [0.1, 0.15) is 12.2 Å². The molecule has 2 fully saturated rings. The average molecular weight is 602 g/mol. The number of imidazole rings is 1. The zero-order chi connectivity index (χ0) is 30.4. The number of carbonyl (C=O) groups excluding carboxylic acids is 2. The number of carbonyl (C=O) groups is 1. The molecule has 222 valence electrons. The van der Waals surface area contributed by atoms with E-state index in [0.29, 0.717) is 24.4 Å². The van der Waals surface area contributed by atoms with Crippen LogP contribution in [0.4, 0.5) is 5.82 Å². The Morgan fingerprint density at radius 2 is 2.00 bits per heavy atom. The van der Waals surface area contributed by atoms with Crippen LogP contribution in [0.25, 0.3) is 11.2 Å². The predicted octanol–water partition coefficient (Wildman–Crippen LogP) is 0.0499. The lowest BCUT2D eigenvalue weighted by Crippen LogP contribution is -2.48. The van der Waals surface area contributed by atoms with Crippen molar-refractivity contribution in [2.75, 3.05) is 31.2 Å². The van der Waals surface area contributed by atoms with Crippen molar-refractivity contribution in [2.45, 2.75) is 43.0 Å². The van der Waals surface area contributed by atoms with E-state index in [1.54, 1.807) is 24.3 Å². The number of terminal acetylenes is 1. The standard InChI is InChI=1S/C26H28ClN5O7.CO2/c1-2-26(37)18(13-38-17(24(35)36)10-15-6-4-3-5-7-15)39-23(20(26)34)32-14-28-19-21(29-25(27)30-22(19)32)31-9-8-16(11-31)12-33;2-1-3/h1,3-7,14,16-18,20,23,33-34,37H,8-13H2,(H,35,36);/t16-,17?,18-,20+,23-,26-;/m1./s1. The molecular formula is C27H28ClN5O9. The number of carboxylic acids is 1. The molecule has 0 spiro atoms. The summed E-state index contributed by atoms with van der Waals surface area (Å²) in [5, 5.41) is 41.4. The molecule has 0 bridgehead atoms. The van der Waals surface area contributed by atoms with Crippen LogP contribution in [0.1, 0.15) is 18.2 Å². The molecule has 15 heteroatoms. The average Bonchev–Trinajstić information content (AvgIpc) is 3.69. The molecule has 3 aromatic rings. The van der Waals surface area contributed by atoms with Gasteiger partial charge in [0.25, 0.3) is 0 Å². The molecule has 0 aliphatic carbocycles. The second kappa shape index (κ2) is 13.4. The number of aromatic nitrogens is 4. The Balaban J connectivity index is 0.00000129. The maximum Gasteiger partial charge on any atom is 0.373 e. The van der Waals surface area contributed by atoms with E-state index in [1.807, 2.05) is 11.0 Å². The van der Waals surface area contributed by atoms with Gasteiger partial charge in [0.2, 0.25) is 5.28 Å². The van der Waals surface area contributed by atoms with E-state index in [-0.39, 0.29) is 36.0 Å². The summed E-state index contributed by atoms with van der Waals surface area (Å²) in [6, 6.07) is 8.95. The summed E-state index contributed by atoms with van der Waals surface area (Å²) in [6.07, 6.45) is 2.74. The molecule has 14 nitrogen and oxygen atoms in total. The number of rotatable bonds is 9. The van der Waals surface area contributed by atoms with E-state index in [1.165, 1.54) is 10.9 Å². The molecule has 2 aliphatic rings. The number of halogens is 1. The maximum atomic E-state index is 11.8. The van der Waals surface area contributed by atoms with E-state index in [2.05, 4.69) is 20.9 Å². The first-order chi connectivity index (χ1) is 20.2. The highest BCUT2D eigenvalue weighted by atomic mass is 35.5. The van der Waals surface area contributed by atoms with Crippen molar-refractivity contribution >= 4 is 40.7 Å². The first-order valence-electron chi connectivity index (χ1n) is 12.8. The number of nitrogens with zero attached hydrogens (tertiary/aromatic N) is 5. The van der Waals surface area contributed by atoms with Crippen molar-refractivity contribution in [3.63, 3.8) is 0 Å². The third-order valence-corrected chi connectivity index (χ3v) is 7.40. The molecule has 0 saturated carbocycles. The van der Waals surface area contributed by atoms with Crippen LogP contribution in [0.5, 0.6) is 0 Å². The van der Waals surface area contributed by atoms with E-state index in [9.17, 15) is 25.2 Å². The van der Waals surface area contributed by atoms with Crippen LogP contribution in [-0.4, -0.2) is 102 Å². The third-order valence-electron chi connectivity index (χ3n) is 7.23. The number of hydrogen-bond acceptors (Lipinski definition) is 12. The van der Waals surface area contributed by atoms with E-state index in [0.717, 1.165) is 12.0 Å². The van der Waals surface area contributed by atoms with Crippen LogP contribution >= 0.6 is 11.6 Å². The van der Waals surface area contributed by atoms with Gasteiger partial charge < -0.3 is 34.8 Å². The van der Waals surface area contributed by atoms with Gasteiger partial charge in [0, 0.05) is 32.0 Å². The number of ether oxygens (including phenoxy) is 2. The zero-order valence-corrected chi connectivity index (χ0v) is 22.9. The summed E-state index contributed by atoms with van der Waals surface area (Å²) in [4.78, 5) is 43.1. The van der Waals surface area contributed by atoms with Crippen molar-refractivity contribution in [1.82, 2.24) is 19.5 Å². The molecule has 2 saturated heterocycles. The Morgan fingerprint density at radius 3 is 2.62 bits per heavy atom. The van der Waals surface area contributed by atoms with Gasteiger partial charge in [-0.1, -0.05) is 36.3 Å². The minimum atomic E-state index is -2.19. The van der Waals surface area contributed by atoms with Gasteiger partial charge >= 0.3 is 12.1 Å². The van der Waals surface area contributed by atoms with Crippen LogP contribution < -0.4 is 4.90 Å². The highest BCUT2D eigenvalue weighted by molar-refractivity contribution is 6.28. The summed E-state index contributed by atoms with van der Waals surface area (Å²) in [7, 11) is 0. The Labute approximate surface area is 244 Å². The quantitative estimate of drug-likeness (QED) is 0.190. The fourth-order valence-corrected chi connectivity index (χ4v) is 5.18. The van der Waals surface area contributed by atoms with Crippen molar-refractivity contribution in [1.29, 1.82) is 0 Å². The Bertz CT molecular complexity index is 1480. The topological polar surface area (TPSA) is 197 Å². The van der Waals surface area contributed by atoms with Crippen molar-refractivity contribution in [3.05, 3.63) is 47.5 Å². The number of benzene rings is 1. The Kier molecular flexibility index (Phi) is 9.87. The van der Waals surface area contributed by atoms with Crippen LogP contribution in [0.3, 0.4) is 0 Å². The number of aliphatic hydroxyl groups is 3. The lowest BCUT2D eigenvalue weighted by Gasteiger charge is -2.26. The van der Waals surface area contributed by atoms with Crippen molar-refractivity contribution in [3.8, 4) is 12.3 Å². The van der Waals surface area contributed by atoms with Gasteiger partial charge in [0.05, 0.1) is 12.9 Å². The molecule has 2 aliphatic heterocycles. The highest BCUT2D eigenvalue weighted by Gasteiger charge is 2.56. The number of anilines is 1. The van der Waals surface area contributed by atoms with Gasteiger partial charge in [-0.05, 0) is 23.6 Å². The minimum Gasteiger partial charge on any atom is -0.479 e. The van der Waals surface area contributed by atoms with Crippen LogP contribution in [0.2, 0.25) is 5.28 Å². The van der Waals surface area contributed by atoms with E-state index < -0.39 is 42.7 Å². The van der Waals surface area contributed by atoms with Crippen LogP contribution in [-0.2, 0) is 30.3 Å². The number of fused-ring (bicyclic) bond motifs is 1.